The fraction of sp³-hybridized carbons (Fsp3) is 0.333. The minimum atomic E-state index is -1.18. The van der Waals surface area contributed by atoms with E-state index in [1.54, 1.807) is 59.7 Å². The van der Waals surface area contributed by atoms with Crippen LogP contribution in [0.1, 0.15) is 62.3 Å². The molecule has 8 heteroatoms. The molecule has 0 unspecified atom stereocenters. The molecule has 0 saturated heterocycles. The van der Waals surface area contributed by atoms with Crippen molar-refractivity contribution >= 4 is 40.8 Å². The molecule has 2 aromatic rings. The maximum atomic E-state index is 12.9. The third kappa shape index (κ3) is 6.41. The van der Waals surface area contributed by atoms with Crippen molar-refractivity contribution in [2.45, 2.75) is 41.5 Å². The van der Waals surface area contributed by atoms with E-state index in [-0.39, 0.29) is 28.6 Å². The Morgan fingerprint density at radius 1 is 0.719 bits per heavy atom. The number of aromatic carboxylic acids is 1. The standard InChI is InChI=1S/C24H29N3O5/c1-23(2,3)21(31)25-15-11-14(12-16(13-15)26-22(32)24(4,5)6)19(28)27-18-10-8-7-9-17(18)20(29)30/h7-13H,1-6H3,(H,25,31)(H,26,32)(H,27,28)(H,29,30). The first-order valence-corrected chi connectivity index (χ1v) is 10.1. The normalized spacial score (nSPS) is 11.4. The quantitative estimate of drug-likeness (QED) is 0.542. The number of hydrogen-bond acceptors (Lipinski definition) is 4. The number of nitrogens with one attached hydrogen (secondary N) is 3. The van der Waals surface area contributed by atoms with Gasteiger partial charge < -0.3 is 21.1 Å². The summed E-state index contributed by atoms with van der Waals surface area (Å²) in [7, 11) is 0. The van der Waals surface area contributed by atoms with Crippen molar-refractivity contribution in [1.82, 2.24) is 0 Å². The first-order valence-electron chi connectivity index (χ1n) is 10.1. The van der Waals surface area contributed by atoms with E-state index in [1.807, 2.05) is 0 Å². The van der Waals surface area contributed by atoms with E-state index in [9.17, 15) is 24.3 Å². The number of carbonyl (C=O) groups is 4. The molecule has 0 aliphatic heterocycles. The Morgan fingerprint density at radius 3 is 1.62 bits per heavy atom. The van der Waals surface area contributed by atoms with Crippen molar-refractivity contribution in [3.05, 3.63) is 53.6 Å². The first-order chi connectivity index (χ1) is 14.7. The molecule has 4 N–H and O–H groups in total. The molecule has 0 spiro atoms. The van der Waals surface area contributed by atoms with Gasteiger partial charge in [-0.25, -0.2) is 4.79 Å². The Labute approximate surface area is 187 Å². The van der Waals surface area contributed by atoms with Crippen LogP contribution in [0.3, 0.4) is 0 Å². The van der Waals surface area contributed by atoms with Gasteiger partial charge in [-0.1, -0.05) is 53.7 Å². The Kier molecular flexibility index (Phi) is 7.08. The average molecular weight is 440 g/mol. The highest BCUT2D eigenvalue weighted by Gasteiger charge is 2.24. The zero-order valence-electron chi connectivity index (χ0n) is 19.1. The summed E-state index contributed by atoms with van der Waals surface area (Å²) >= 11 is 0. The molecule has 2 rings (SSSR count). The number of carbonyl (C=O) groups excluding carboxylic acids is 3. The first kappa shape index (κ1) is 24.6. The molecule has 0 bridgehead atoms. The summed E-state index contributed by atoms with van der Waals surface area (Å²) in [5, 5.41) is 17.4. The molecule has 0 atom stereocenters. The van der Waals surface area contributed by atoms with Crippen LogP contribution in [0.25, 0.3) is 0 Å². The number of para-hydroxylation sites is 1. The third-order valence-electron chi connectivity index (χ3n) is 4.48. The van der Waals surface area contributed by atoms with Gasteiger partial charge in [-0.2, -0.15) is 0 Å². The van der Waals surface area contributed by atoms with Gasteiger partial charge in [-0.3, -0.25) is 14.4 Å². The van der Waals surface area contributed by atoms with Gasteiger partial charge in [-0.05, 0) is 30.3 Å². The monoisotopic (exact) mass is 439 g/mol. The topological polar surface area (TPSA) is 125 Å². The predicted octanol–water partition coefficient (Wildman–Crippen LogP) is 4.61. The molecule has 0 saturated carbocycles. The zero-order valence-corrected chi connectivity index (χ0v) is 19.1. The number of carboxylic acid groups (broad SMARTS) is 1. The van der Waals surface area contributed by atoms with E-state index in [1.165, 1.54) is 24.3 Å². The Morgan fingerprint density at radius 2 is 1.19 bits per heavy atom. The number of benzene rings is 2. The summed E-state index contributed by atoms with van der Waals surface area (Å²) in [6, 6.07) is 10.5. The summed E-state index contributed by atoms with van der Waals surface area (Å²) in [6.45, 7) is 10.5. The van der Waals surface area contributed by atoms with Crippen molar-refractivity contribution < 1.29 is 24.3 Å². The second-order valence-corrected chi connectivity index (χ2v) is 9.51. The van der Waals surface area contributed by atoms with E-state index >= 15 is 0 Å². The zero-order chi connectivity index (χ0) is 24.3. The van der Waals surface area contributed by atoms with Gasteiger partial charge in [0.05, 0.1) is 11.3 Å². The molecular formula is C24H29N3O5. The summed E-state index contributed by atoms with van der Waals surface area (Å²) in [6.07, 6.45) is 0. The fourth-order valence-electron chi connectivity index (χ4n) is 2.51. The summed E-state index contributed by atoms with van der Waals surface area (Å²) < 4.78 is 0. The van der Waals surface area contributed by atoms with Crippen molar-refractivity contribution in [2.24, 2.45) is 10.8 Å². The van der Waals surface area contributed by atoms with Crippen LogP contribution in [0.5, 0.6) is 0 Å². The molecular weight excluding hydrogens is 410 g/mol. The lowest BCUT2D eigenvalue weighted by molar-refractivity contribution is -0.123. The van der Waals surface area contributed by atoms with Gasteiger partial charge in [0.2, 0.25) is 11.8 Å². The molecule has 2 aromatic carbocycles. The lowest BCUT2D eigenvalue weighted by atomic mass is 9.95. The van der Waals surface area contributed by atoms with Crippen LogP contribution >= 0.6 is 0 Å². The summed E-state index contributed by atoms with van der Waals surface area (Å²) in [5.74, 6) is -2.29. The number of rotatable bonds is 5. The van der Waals surface area contributed by atoms with Crippen LogP contribution in [0.2, 0.25) is 0 Å². The third-order valence-corrected chi connectivity index (χ3v) is 4.48. The molecule has 0 fully saturated rings. The summed E-state index contributed by atoms with van der Waals surface area (Å²) in [4.78, 5) is 49.3. The Balaban J connectivity index is 2.43. The molecule has 32 heavy (non-hydrogen) atoms. The van der Waals surface area contributed by atoms with Gasteiger partial charge in [0.15, 0.2) is 0 Å². The number of hydrogen-bond donors (Lipinski definition) is 4. The number of anilines is 3. The number of amides is 3. The van der Waals surface area contributed by atoms with Crippen molar-refractivity contribution in [3.63, 3.8) is 0 Å². The van der Waals surface area contributed by atoms with Gasteiger partial charge >= 0.3 is 5.97 Å². The maximum Gasteiger partial charge on any atom is 0.337 e. The molecule has 170 valence electrons. The molecule has 0 aliphatic carbocycles. The number of carboxylic acids is 1. The minimum absolute atomic E-state index is 0.0562. The molecule has 0 aromatic heterocycles. The van der Waals surface area contributed by atoms with Crippen molar-refractivity contribution in [3.8, 4) is 0 Å². The fourth-order valence-corrected chi connectivity index (χ4v) is 2.51. The van der Waals surface area contributed by atoms with Crippen LogP contribution in [-0.4, -0.2) is 28.8 Å². The van der Waals surface area contributed by atoms with Crippen LogP contribution in [0, 0.1) is 10.8 Å². The predicted molar refractivity (Wildman–Crippen MR) is 124 cm³/mol. The second-order valence-electron chi connectivity index (χ2n) is 9.51. The minimum Gasteiger partial charge on any atom is -0.478 e. The summed E-state index contributed by atoms with van der Waals surface area (Å²) in [5.41, 5.74) is -0.475. The van der Waals surface area contributed by atoms with Gasteiger partial charge in [0, 0.05) is 27.8 Å². The SMILES string of the molecule is CC(C)(C)C(=O)Nc1cc(NC(=O)C(C)(C)C)cc(C(=O)Nc2ccccc2C(=O)O)c1. The highest BCUT2D eigenvalue weighted by molar-refractivity contribution is 6.09. The van der Waals surface area contributed by atoms with Crippen molar-refractivity contribution in [1.29, 1.82) is 0 Å². The van der Waals surface area contributed by atoms with Crippen LogP contribution in [-0.2, 0) is 9.59 Å². The molecule has 3 amide bonds. The van der Waals surface area contributed by atoms with E-state index in [4.69, 9.17) is 0 Å². The van der Waals surface area contributed by atoms with Gasteiger partial charge in [0.25, 0.3) is 5.91 Å². The van der Waals surface area contributed by atoms with E-state index in [2.05, 4.69) is 16.0 Å². The van der Waals surface area contributed by atoms with Gasteiger partial charge in [-0.15, -0.1) is 0 Å². The van der Waals surface area contributed by atoms with Crippen LogP contribution in [0.15, 0.2) is 42.5 Å². The van der Waals surface area contributed by atoms with E-state index in [0.717, 1.165) is 0 Å². The Hall–Kier alpha value is -3.68. The molecule has 8 nitrogen and oxygen atoms in total. The lowest BCUT2D eigenvalue weighted by Crippen LogP contribution is -2.29. The average Bonchev–Trinajstić information content (AvgIpc) is 2.66. The lowest BCUT2D eigenvalue weighted by Gasteiger charge is -2.21. The van der Waals surface area contributed by atoms with E-state index in [0.29, 0.717) is 11.4 Å². The smallest absolute Gasteiger partial charge is 0.337 e. The van der Waals surface area contributed by atoms with Gasteiger partial charge in [0.1, 0.15) is 0 Å². The molecule has 0 radical (unpaired) electrons. The molecule has 0 aliphatic rings. The second kappa shape index (κ2) is 9.21. The van der Waals surface area contributed by atoms with Crippen LogP contribution in [0.4, 0.5) is 17.1 Å². The maximum absolute atomic E-state index is 12.9. The highest BCUT2D eigenvalue weighted by atomic mass is 16.4. The van der Waals surface area contributed by atoms with Crippen molar-refractivity contribution in [2.75, 3.05) is 16.0 Å². The van der Waals surface area contributed by atoms with Crippen LogP contribution < -0.4 is 16.0 Å². The largest absolute Gasteiger partial charge is 0.478 e. The highest BCUT2D eigenvalue weighted by Crippen LogP contribution is 2.25. The molecule has 0 heterocycles. The Bertz CT molecular complexity index is 1020. The van der Waals surface area contributed by atoms with E-state index < -0.39 is 22.7 Å².